The van der Waals surface area contributed by atoms with Crippen molar-refractivity contribution in [3.63, 3.8) is 0 Å². The van der Waals surface area contributed by atoms with Gasteiger partial charge in [0, 0.05) is 29.9 Å². The minimum atomic E-state index is -4.48. The third-order valence-electron chi connectivity index (χ3n) is 7.88. The van der Waals surface area contributed by atoms with Crippen LogP contribution >= 0.6 is 0 Å². The largest absolute Gasteiger partial charge is 0.416 e. The summed E-state index contributed by atoms with van der Waals surface area (Å²) in [5.74, 6) is -0.198. The molecule has 0 radical (unpaired) electrons. The van der Waals surface area contributed by atoms with E-state index >= 15 is 0 Å². The lowest BCUT2D eigenvalue weighted by molar-refractivity contribution is -0.137. The van der Waals surface area contributed by atoms with Gasteiger partial charge in [-0.3, -0.25) is 9.59 Å². The molecular formula is C31H27F3N8O2. The first-order valence-electron chi connectivity index (χ1n) is 14.1. The molecule has 3 N–H and O–H groups in total. The van der Waals surface area contributed by atoms with Gasteiger partial charge in [-0.05, 0) is 68.0 Å². The lowest BCUT2D eigenvalue weighted by Crippen LogP contribution is -2.39. The average Bonchev–Trinajstić information content (AvgIpc) is 3.77. The Bertz CT molecular complexity index is 1800. The number of allylic oxidation sites excluding steroid dienone is 1. The summed E-state index contributed by atoms with van der Waals surface area (Å²) in [5.41, 5.74) is 7.98. The normalized spacial score (nSPS) is 16.1. The van der Waals surface area contributed by atoms with Crippen LogP contribution in [0.1, 0.15) is 47.6 Å². The topological polar surface area (TPSA) is 143 Å². The molecule has 2 aromatic heterocycles. The van der Waals surface area contributed by atoms with E-state index in [1.165, 1.54) is 6.33 Å². The highest BCUT2D eigenvalue weighted by molar-refractivity contribution is 6.04. The van der Waals surface area contributed by atoms with E-state index in [0.717, 1.165) is 37.1 Å². The van der Waals surface area contributed by atoms with Crippen LogP contribution in [-0.4, -0.2) is 49.6 Å². The van der Waals surface area contributed by atoms with E-state index in [2.05, 4.69) is 21.4 Å². The van der Waals surface area contributed by atoms with Crippen molar-refractivity contribution in [2.24, 2.45) is 5.92 Å². The van der Waals surface area contributed by atoms with Crippen LogP contribution in [0.15, 0.2) is 66.5 Å². The number of hydrogen-bond donors (Lipinski definition) is 2. The summed E-state index contributed by atoms with van der Waals surface area (Å²) in [4.78, 5) is 35.8. The SMILES string of the molecule is N#CC(=CC1CC1)C(=O)N1CCC(n2nc(-c3ccc(NC(=O)c4ccc(C(F)(F)F)cc4)cc3)c3c(N)ncnc32)CC1. The number of nitrogens with two attached hydrogens (primary N) is 1. The molecule has 1 aliphatic heterocycles. The van der Waals surface area contributed by atoms with E-state index in [4.69, 9.17) is 10.8 Å². The first-order valence-corrected chi connectivity index (χ1v) is 14.1. The van der Waals surface area contributed by atoms with Crippen molar-refractivity contribution < 1.29 is 22.8 Å². The molecule has 0 unspecified atom stereocenters. The summed E-state index contributed by atoms with van der Waals surface area (Å²) in [5, 5.41) is 17.6. The standard InChI is InChI=1S/C31H27F3N8O2/c32-31(33,34)22-7-3-20(4-8-22)29(43)39-23-9-5-19(6-10-23)26-25-27(36)37-17-38-28(25)42(40-26)24-11-13-41(14-12-24)30(44)21(16-35)15-18-1-2-18/h3-10,15,17-18,24H,1-2,11-14H2,(H,39,43)(H2,36,37,38). The highest BCUT2D eigenvalue weighted by Crippen LogP contribution is 2.36. The molecule has 1 saturated heterocycles. The first kappa shape index (κ1) is 28.9. The van der Waals surface area contributed by atoms with Crippen LogP contribution in [-0.2, 0) is 11.0 Å². The van der Waals surface area contributed by atoms with Crippen molar-refractivity contribution in [3.8, 4) is 17.3 Å². The first-order chi connectivity index (χ1) is 21.1. The molecule has 1 saturated carbocycles. The zero-order valence-electron chi connectivity index (χ0n) is 23.4. The number of fused-ring (bicyclic) bond motifs is 1. The van der Waals surface area contributed by atoms with Gasteiger partial charge in [0.2, 0.25) is 0 Å². The van der Waals surface area contributed by atoms with Gasteiger partial charge in [0.15, 0.2) is 5.65 Å². The number of nitrogen functional groups attached to an aromatic ring is 1. The van der Waals surface area contributed by atoms with E-state index in [-0.39, 0.29) is 28.9 Å². The lowest BCUT2D eigenvalue weighted by Gasteiger charge is -2.32. The fraction of sp³-hybridized carbons (Fsp3) is 0.290. The van der Waals surface area contributed by atoms with Gasteiger partial charge >= 0.3 is 6.18 Å². The predicted octanol–water partition coefficient (Wildman–Crippen LogP) is 5.37. The van der Waals surface area contributed by atoms with Gasteiger partial charge in [-0.25, -0.2) is 14.6 Å². The van der Waals surface area contributed by atoms with Crippen molar-refractivity contribution in [2.75, 3.05) is 24.1 Å². The Labute approximate surface area is 250 Å². The summed E-state index contributed by atoms with van der Waals surface area (Å²) in [6.45, 7) is 0.940. The summed E-state index contributed by atoms with van der Waals surface area (Å²) in [6.07, 6.45) is 1.93. The molecule has 3 heterocycles. The number of hydrogen-bond acceptors (Lipinski definition) is 7. The number of benzene rings is 2. The number of aromatic nitrogens is 4. The number of rotatable bonds is 6. The molecule has 44 heavy (non-hydrogen) atoms. The highest BCUT2D eigenvalue weighted by atomic mass is 19.4. The van der Waals surface area contributed by atoms with Gasteiger partial charge < -0.3 is 16.0 Å². The molecule has 2 aliphatic rings. The Hall–Kier alpha value is -5.25. The van der Waals surface area contributed by atoms with Crippen molar-refractivity contribution >= 4 is 34.4 Å². The lowest BCUT2D eigenvalue weighted by atomic mass is 10.0. The number of alkyl halides is 3. The van der Waals surface area contributed by atoms with Crippen molar-refractivity contribution in [1.82, 2.24) is 24.6 Å². The molecule has 6 rings (SSSR count). The third kappa shape index (κ3) is 5.83. The van der Waals surface area contributed by atoms with Gasteiger partial charge in [-0.15, -0.1) is 0 Å². The molecule has 1 aliphatic carbocycles. The Balaban J connectivity index is 1.19. The average molecular weight is 601 g/mol. The molecular weight excluding hydrogens is 573 g/mol. The number of carbonyl (C=O) groups excluding carboxylic acids is 2. The summed E-state index contributed by atoms with van der Waals surface area (Å²) in [7, 11) is 0. The maximum absolute atomic E-state index is 12.9. The second-order valence-electron chi connectivity index (χ2n) is 10.9. The molecule has 2 amide bonds. The van der Waals surface area contributed by atoms with E-state index in [9.17, 15) is 28.0 Å². The predicted molar refractivity (Wildman–Crippen MR) is 156 cm³/mol. The zero-order valence-corrected chi connectivity index (χ0v) is 23.4. The molecule has 2 aromatic carbocycles. The molecule has 4 aromatic rings. The van der Waals surface area contributed by atoms with Gasteiger partial charge in [0.25, 0.3) is 11.8 Å². The second kappa shape index (κ2) is 11.4. The zero-order chi connectivity index (χ0) is 31.0. The van der Waals surface area contributed by atoms with Gasteiger partial charge in [0.05, 0.1) is 17.0 Å². The Morgan fingerprint density at radius 1 is 1.00 bits per heavy atom. The molecule has 0 spiro atoms. The monoisotopic (exact) mass is 600 g/mol. The summed E-state index contributed by atoms with van der Waals surface area (Å²) in [6, 6.07) is 12.8. The number of piperidine rings is 1. The fourth-order valence-electron chi connectivity index (χ4n) is 5.32. The number of carbonyl (C=O) groups is 2. The highest BCUT2D eigenvalue weighted by Gasteiger charge is 2.31. The van der Waals surface area contributed by atoms with Crippen molar-refractivity contribution in [2.45, 2.75) is 37.9 Å². The minimum absolute atomic E-state index is 0.0650. The van der Waals surface area contributed by atoms with E-state index in [1.807, 2.05) is 4.68 Å². The number of amides is 2. The molecule has 0 bridgehead atoms. The van der Waals surface area contributed by atoms with Gasteiger partial charge in [0.1, 0.15) is 29.5 Å². The summed E-state index contributed by atoms with van der Waals surface area (Å²) < 4.78 is 40.4. The maximum Gasteiger partial charge on any atom is 0.416 e. The smallest absolute Gasteiger partial charge is 0.383 e. The number of nitriles is 1. The van der Waals surface area contributed by atoms with Gasteiger partial charge in [-0.1, -0.05) is 18.2 Å². The number of halogens is 3. The van der Waals surface area contributed by atoms with Crippen LogP contribution in [0.25, 0.3) is 22.3 Å². The van der Waals surface area contributed by atoms with Crippen molar-refractivity contribution in [3.05, 3.63) is 77.6 Å². The van der Waals surface area contributed by atoms with Crippen LogP contribution < -0.4 is 11.1 Å². The van der Waals surface area contributed by atoms with Crippen LogP contribution in [0, 0.1) is 17.2 Å². The Morgan fingerprint density at radius 3 is 2.30 bits per heavy atom. The molecule has 0 atom stereocenters. The van der Waals surface area contributed by atoms with Gasteiger partial charge in [-0.2, -0.15) is 23.5 Å². The second-order valence-corrected chi connectivity index (χ2v) is 10.9. The molecule has 10 nitrogen and oxygen atoms in total. The number of nitrogens with one attached hydrogen (secondary N) is 1. The van der Waals surface area contributed by atoms with E-state index < -0.39 is 17.6 Å². The maximum atomic E-state index is 12.9. The molecule has 13 heteroatoms. The van der Waals surface area contributed by atoms with E-state index in [1.54, 1.807) is 35.2 Å². The van der Waals surface area contributed by atoms with Crippen LogP contribution in [0.5, 0.6) is 0 Å². The number of anilines is 2. The molecule has 224 valence electrons. The quantitative estimate of drug-likeness (QED) is 0.224. The van der Waals surface area contributed by atoms with Crippen LogP contribution in [0.2, 0.25) is 0 Å². The van der Waals surface area contributed by atoms with Crippen molar-refractivity contribution in [1.29, 1.82) is 5.26 Å². The Kier molecular flexibility index (Phi) is 7.50. The van der Waals surface area contributed by atoms with Crippen LogP contribution in [0.4, 0.5) is 24.7 Å². The Morgan fingerprint density at radius 2 is 1.68 bits per heavy atom. The van der Waals surface area contributed by atoms with Crippen LogP contribution in [0.3, 0.4) is 0 Å². The number of likely N-dealkylation sites (tertiary alicyclic amines) is 1. The minimum Gasteiger partial charge on any atom is -0.383 e. The fourth-order valence-corrected chi connectivity index (χ4v) is 5.32. The number of nitrogens with zero attached hydrogens (tertiary/aromatic N) is 6. The van der Waals surface area contributed by atoms with E-state index in [0.29, 0.717) is 59.8 Å². The third-order valence-corrected chi connectivity index (χ3v) is 7.88. The summed E-state index contributed by atoms with van der Waals surface area (Å²) >= 11 is 0. The molecule has 2 fully saturated rings.